The molecule has 0 spiro atoms. The number of methoxy groups -OCH3 is 1. The van der Waals surface area contributed by atoms with Crippen LogP contribution in [0.4, 0.5) is 0 Å². The molecular formula is C47H62N4O9S2. The molecule has 1 saturated heterocycles. The van der Waals surface area contributed by atoms with Crippen molar-refractivity contribution >= 4 is 55.8 Å². The lowest BCUT2D eigenvalue weighted by Gasteiger charge is -2.30. The first kappa shape index (κ1) is 45.6. The molecule has 15 heteroatoms. The lowest BCUT2D eigenvalue weighted by molar-refractivity contribution is -0.159. The summed E-state index contributed by atoms with van der Waals surface area (Å²) >= 11 is 1.49. The summed E-state index contributed by atoms with van der Waals surface area (Å²) in [5, 5.41) is 3.47. The number of carbonyl (C=O) groups excluding carboxylic acids is 4. The number of nitrogens with zero attached hydrogens (tertiary/aromatic N) is 3. The molecule has 1 aromatic carbocycles. The van der Waals surface area contributed by atoms with Gasteiger partial charge in [-0.3, -0.25) is 23.9 Å². The Hall–Kier alpha value is -4.37. The minimum absolute atomic E-state index is 0.0412. The summed E-state index contributed by atoms with van der Waals surface area (Å²) in [5.74, 6) is -2.15. The van der Waals surface area contributed by atoms with E-state index in [4.69, 9.17) is 24.2 Å². The van der Waals surface area contributed by atoms with Crippen molar-refractivity contribution in [2.75, 3.05) is 13.7 Å². The third-order valence-corrected chi connectivity index (χ3v) is 16.3. The molecule has 6 atom stereocenters. The van der Waals surface area contributed by atoms with Gasteiger partial charge < -0.3 is 19.1 Å². The van der Waals surface area contributed by atoms with Crippen molar-refractivity contribution in [3.05, 3.63) is 47.0 Å². The molecule has 7 rings (SSSR count). The number of rotatable bonds is 10. The maximum absolute atomic E-state index is 15.0. The molecule has 0 bridgehead atoms. The van der Waals surface area contributed by atoms with Crippen LogP contribution >= 0.6 is 11.3 Å². The third kappa shape index (κ3) is 9.30. The summed E-state index contributed by atoms with van der Waals surface area (Å²) in [6.45, 7) is 15.0. The molecule has 2 aliphatic carbocycles. The Bertz CT molecular complexity index is 2380. The molecule has 0 radical (unpaired) electrons. The van der Waals surface area contributed by atoms with Crippen LogP contribution in [0.2, 0.25) is 0 Å². The van der Waals surface area contributed by atoms with Crippen molar-refractivity contribution in [1.82, 2.24) is 19.6 Å². The average molecular weight is 891 g/mol. The predicted octanol–water partition coefficient (Wildman–Crippen LogP) is 8.23. The molecule has 4 aliphatic rings. The van der Waals surface area contributed by atoms with Gasteiger partial charge in [-0.2, -0.15) is 0 Å². The van der Waals surface area contributed by atoms with Gasteiger partial charge in [-0.1, -0.05) is 45.8 Å². The highest BCUT2D eigenvalue weighted by molar-refractivity contribution is 7.91. The van der Waals surface area contributed by atoms with Gasteiger partial charge in [-0.25, -0.2) is 18.4 Å². The maximum Gasteiger partial charge on any atom is 0.307 e. The summed E-state index contributed by atoms with van der Waals surface area (Å²) in [6.07, 6.45) is 7.57. The monoisotopic (exact) mass is 890 g/mol. The number of nitrogens with one attached hydrogen (secondary N) is 1. The van der Waals surface area contributed by atoms with Crippen molar-refractivity contribution in [3.63, 3.8) is 0 Å². The summed E-state index contributed by atoms with van der Waals surface area (Å²) in [7, 11) is -2.37. The molecule has 4 heterocycles. The fourth-order valence-electron chi connectivity index (χ4n) is 9.00. The number of thiazole rings is 1. The summed E-state index contributed by atoms with van der Waals surface area (Å²) in [5.41, 5.74) is 0.998. The number of ketones is 1. The zero-order valence-corrected chi connectivity index (χ0v) is 39.2. The number of allylic oxidation sites excluding steroid dienone is 2. The quantitative estimate of drug-likeness (QED) is 0.154. The first-order valence-corrected chi connectivity index (χ1v) is 24.4. The van der Waals surface area contributed by atoms with Crippen LogP contribution in [-0.4, -0.2) is 83.0 Å². The molecule has 336 valence electrons. The van der Waals surface area contributed by atoms with Crippen molar-refractivity contribution in [2.24, 2.45) is 23.2 Å². The number of aryl methyl sites for hydroxylation is 1. The highest BCUT2D eigenvalue weighted by Gasteiger charge is 2.63. The Labute approximate surface area is 369 Å². The van der Waals surface area contributed by atoms with Crippen LogP contribution in [0, 0.1) is 30.1 Å². The number of hydrogen-bond donors (Lipinski definition) is 1. The number of aromatic nitrogens is 2. The maximum atomic E-state index is 15.0. The van der Waals surface area contributed by atoms with Crippen LogP contribution in [0.1, 0.15) is 130 Å². The molecule has 62 heavy (non-hydrogen) atoms. The second-order valence-corrected chi connectivity index (χ2v) is 22.6. The smallest absolute Gasteiger partial charge is 0.307 e. The van der Waals surface area contributed by atoms with Gasteiger partial charge in [-0.05, 0) is 97.1 Å². The molecular weight excluding hydrogens is 829 g/mol. The number of ether oxygens (including phenoxy) is 3. The van der Waals surface area contributed by atoms with Crippen molar-refractivity contribution in [1.29, 1.82) is 0 Å². The Kier molecular flexibility index (Phi) is 12.7. The van der Waals surface area contributed by atoms with Crippen molar-refractivity contribution in [2.45, 2.75) is 148 Å². The Morgan fingerprint density at radius 1 is 1.08 bits per heavy atom. The summed E-state index contributed by atoms with van der Waals surface area (Å²) in [4.78, 5) is 69.0. The molecule has 0 unspecified atom stereocenters. The van der Waals surface area contributed by atoms with Crippen LogP contribution in [0.25, 0.3) is 21.6 Å². The lowest BCUT2D eigenvalue weighted by Crippen LogP contribution is -2.48. The number of pyridine rings is 1. The molecule has 13 nitrogen and oxygen atoms in total. The number of esters is 1. The summed E-state index contributed by atoms with van der Waals surface area (Å²) < 4.78 is 46.4. The van der Waals surface area contributed by atoms with E-state index in [2.05, 4.69) is 18.6 Å². The van der Waals surface area contributed by atoms with E-state index in [0.29, 0.717) is 54.8 Å². The molecule has 3 aromatic rings. The van der Waals surface area contributed by atoms with Gasteiger partial charge in [0.2, 0.25) is 21.8 Å². The third-order valence-electron chi connectivity index (χ3n) is 13.3. The van der Waals surface area contributed by atoms with Gasteiger partial charge >= 0.3 is 5.97 Å². The van der Waals surface area contributed by atoms with E-state index in [1.807, 2.05) is 49.6 Å². The largest absolute Gasteiger partial charge is 0.496 e. The molecule has 2 aliphatic heterocycles. The van der Waals surface area contributed by atoms with Crippen LogP contribution in [0.15, 0.2) is 35.7 Å². The highest BCUT2D eigenvalue weighted by Crippen LogP contribution is 2.58. The Morgan fingerprint density at radius 3 is 2.48 bits per heavy atom. The predicted molar refractivity (Wildman–Crippen MR) is 238 cm³/mol. The molecule has 2 aromatic heterocycles. The number of carbonyl (C=O) groups is 4. The minimum atomic E-state index is -3.97. The number of benzene rings is 1. The van der Waals surface area contributed by atoms with E-state index in [1.165, 1.54) is 11.3 Å². The number of amides is 2. The fourth-order valence-corrected chi connectivity index (χ4v) is 11.3. The first-order chi connectivity index (χ1) is 29.2. The van der Waals surface area contributed by atoms with Crippen LogP contribution in [0.3, 0.4) is 0 Å². The molecule has 2 amide bonds. The van der Waals surface area contributed by atoms with E-state index < -0.39 is 61.6 Å². The van der Waals surface area contributed by atoms with Crippen LogP contribution in [-0.2, 0) is 33.9 Å². The summed E-state index contributed by atoms with van der Waals surface area (Å²) in [6, 6.07) is 4.58. The van der Waals surface area contributed by atoms with Crippen molar-refractivity contribution < 1.29 is 41.8 Å². The van der Waals surface area contributed by atoms with E-state index in [1.54, 1.807) is 39.7 Å². The van der Waals surface area contributed by atoms with Gasteiger partial charge in [0.1, 0.15) is 33.9 Å². The average Bonchev–Trinajstić information content (AvgIpc) is 4.00. The number of sulfonamides is 1. The molecule has 2 saturated carbocycles. The highest BCUT2D eigenvalue weighted by atomic mass is 32.2. The van der Waals surface area contributed by atoms with Gasteiger partial charge in [-0.15, -0.1) is 11.3 Å². The van der Waals surface area contributed by atoms with Gasteiger partial charge in [0, 0.05) is 40.7 Å². The van der Waals surface area contributed by atoms with Crippen LogP contribution < -0.4 is 14.2 Å². The van der Waals surface area contributed by atoms with E-state index in [9.17, 15) is 22.8 Å². The first-order valence-electron chi connectivity index (χ1n) is 22.1. The standard InChI is InChI=1S/C47H62N4O9S2/c1-27(2)34-26-61-42(49-34)33-22-37(32-17-18-36(58-9)28(3)40(32)48-33)59-38-25-51-41(29(38)4)35(52)24-47(44(55)50-62(56,57)46(8)19-20-46)23-31(47)16-14-12-10-11-13-15-30(43(51)54)21-39(53)60-45(5,6)7/h14,16-18,22,26-27,29-31,38,41H,10-13,15,19-21,23-25H2,1-9H3,(H,50,55)/b16-14-/t29-,30+,31+,38-,41-,47+/m0/s1. The molecule has 3 fully saturated rings. The fraction of sp³-hybridized carbons (Fsp3) is 0.617. The number of Topliss-reactive ketones (excluding diaryl/α,β-unsaturated/α-hetero) is 1. The van der Waals surface area contributed by atoms with Crippen LogP contribution in [0.5, 0.6) is 11.5 Å². The van der Waals surface area contributed by atoms with E-state index in [-0.39, 0.29) is 42.9 Å². The van der Waals surface area contributed by atoms with Crippen molar-refractivity contribution in [3.8, 4) is 22.2 Å². The van der Waals surface area contributed by atoms with Gasteiger partial charge in [0.15, 0.2) is 5.78 Å². The Morgan fingerprint density at radius 2 is 1.82 bits per heavy atom. The topological polar surface area (TPSA) is 171 Å². The van der Waals surface area contributed by atoms with E-state index >= 15 is 4.79 Å². The normalized spacial score (nSPS) is 27.1. The number of fused-ring (bicyclic) bond motifs is 3. The SMILES string of the molecule is COc1ccc2c(O[C@H]3CN4C(=O)[C@@H](CC(=O)OC(C)(C)C)CCCCC/C=C\[C@@H]5C[C@@]5(C(=O)NS(=O)(=O)C5(C)CC5)CC(=O)[C@@H]4[C@H]3C)cc(-c3nc(C(C)C)cs3)nc2c1C. The second kappa shape index (κ2) is 17.3. The van der Waals surface area contributed by atoms with E-state index in [0.717, 1.165) is 40.9 Å². The zero-order valence-electron chi connectivity index (χ0n) is 37.5. The number of hydrogen-bond acceptors (Lipinski definition) is 12. The molecule has 1 N–H and O–H groups in total. The Balaban J connectivity index is 1.27. The zero-order chi connectivity index (χ0) is 44.9. The van der Waals surface area contributed by atoms with Gasteiger partial charge in [0.05, 0.1) is 47.5 Å². The lowest BCUT2D eigenvalue weighted by atomic mass is 9.87. The minimum Gasteiger partial charge on any atom is -0.496 e. The van der Waals surface area contributed by atoms with Gasteiger partial charge in [0.25, 0.3) is 0 Å². The second-order valence-electron chi connectivity index (χ2n) is 19.5.